The van der Waals surface area contributed by atoms with Crippen LogP contribution in [0.25, 0.3) is 0 Å². The molecular weight excluding hydrogens is 354 g/mol. The largest absolute Gasteiger partial charge is 0.490 e. The maximum atomic E-state index is 11.6. The van der Waals surface area contributed by atoms with Gasteiger partial charge in [-0.25, -0.2) is 0 Å². The molecule has 26 heavy (non-hydrogen) atoms. The van der Waals surface area contributed by atoms with Crippen molar-refractivity contribution in [3.05, 3.63) is 57.4 Å². The van der Waals surface area contributed by atoms with E-state index in [-0.39, 0.29) is 5.91 Å². The van der Waals surface area contributed by atoms with Gasteiger partial charge in [-0.3, -0.25) is 14.6 Å². The van der Waals surface area contributed by atoms with Crippen molar-refractivity contribution >= 4 is 23.8 Å². The second kappa shape index (κ2) is 9.31. The number of ether oxygens (including phenoxy) is 1. The van der Waals surface area contributed by atoms with E-state index in [0.29, 0.717) is 41.6 Å². The number of nitrogens with zero attached hydrogens (tertiary/aromatic N) is 1. The van der Waals surface area contributed by atoms with Crippen molar-refractivity contribution in [3.63, 3.8) is 0 Å². The molecular formula is C19H22ClN3O3. The summed E-state index contributed by atoms with van der Waals surface area (Å²) in [7, 11) is 3.38. The Morgan fingerprint density at radius 3 is 2.69 bits per heavy atom. The van der Waals surface area contributed by atoms with Gasteiger partial charge in [-0.05, 0) is 49.2 Å². The average molecular weight is 376 g/mol. The summed E-state index contributed by atoms with van der Waals surface area (Å²) in [5.74, 6) is 0.174. The molecule has 1 amide bonds. The summed E-state index contributed by atoms with van der Waals surface area (Å²) >= 11 is 6.44. The first-order chi connectivity index (χ1) is 12.5. The first kappa shape index (κ1) is 19.9. The van der Waals surface area contributed by atoms with Crippen LogP contribution in [0.5, 0.6) is 5.75 Å². The molecule has 0 spiro atoms. The van der Waals surface area contributed by atoms with Gasteiger partial charge in [0.05, 0.1) is 10.6 Å². The van der Waals surface area contributed by atoms with E-state index in [2.05, 4.69) is 15.6 Å². The van der Waals surface area contributed by atoms with E-state index in [1.807, 2.05) is 20.0 Å². The Morgan fingerprint density at radius 2 is 2.12 bits per heavy atom. The van der Waals surface area contributed by atoms with E-state index in [4.69, 9.17) is 16.3 Å². The summed E-state index contributed by atoms with van der Waals surface area (Å²) in [5, 5.41) is 5.95. The Hall–Kier alpha value is -2.44. The third kappa shape index (κ3) is 4.59. The highest BCUT2D eigenvalue weighted by molar-refractivity contribution is 6.33. The van der Waals surface area contributed by atoms with Crippen LogP contribution >= 0.6 is 11.6 Å². The Morgan fingerprint density at radius 1 is 1.35 bits per heavy atom. The number of aromatic nitrogens is 1. The van der Waals surface area contributed by atoms with Crippen LogP contribution in [-0.2, 0) is 6.42 Å². The molecule has 0 radical (unpaired) electrons. The molecule has 0 saturated carbocycles. The molecule has 0 aliphatic rings. The summed E-state index contributed by atoms with van der Waals surface area (Å²) in [5.41, 5.74) is 3.45. The number of nitrogens with one attached hydrogen (secondary N) is 2. The number of amides is 1. The van der Waals surface area contributed by atoms with Gasteiger partial charge < -0.3 is 15.4 Å². The zero-order valence-corrected chi connectivity index (χ0v) is 15.8. The predicted molar refractivity (Wildman–Crippen MR) is 101 cm³/mol. The minimum atomic E-state index is -0.234. The van der Waals surface area contributed by atoms with Gasteiger partial charge >= 0.3 is 0 Å². The molecule has 1 heterocycles. The Labute approximate surface area is 157 Å². The molecule has 2 aromatic rings. The van der Waals surface area contributed by atoms with Gasteiger partial charge in [0.15, 0.2) is 6.29 Å². The zero-order chi connectivity index (χ0) is 19.1. The van der Waals surface area contributed by atoms with Crippen molar-refractivity contribution in [1.82, 2.24) is 15.6 Å². The maximum absolute atomic E-state index is 11.6. The maximum Gasteiger partial charge on any atom is 0.269 e. The van der Waals surface area contributed by atoms with Crippen LogP contribution in [0.4, 0.5) is 0 Å². The van der Waals surface area contributed by atoms with Crippen LogP contribution in [0.1, 0.15) is 37.5 Å². The lowest BCUT2D eigenvalue weighted by Crippen LogP contribution is -2.19. The number of likely N-dealkylation sites (N-methyl/N-ethyl adjacent to an activating group) is 1. The van der Waals surface area contributed by atoms with E-state index in [0.717, 1.165) is 23.0 Å². The van der Waals surface area contributed by atoms with Crippen LogP contribution in [0.2, 0.25) is 5.02 Å². The van der Waals surface area contributed by atoms with Gasteiger partial charge in [-0.2, -0.15) is 0 Å². The number of carbonyl (C=O) groups is 2. The van der Waals surface area contributed by atoms with Gasteiger partial charge in [0.2, 0.25) is 0 Å². The molecule has 0 aliphatic carbocycles. The fourth-order valence-electron chi connectivity index (χ4n) is 2.48. The van der Waals surface area contributed by atoms with Gasteiger partial charge in [-0.15, -0.1) is 0 Å². The van der Waals surface area contributed by atoms with Crippen molar-refractivity contribution in [1.29, 1.82) is 0 Å². The number of halogens is 1. The molecule has 7 heteroatoms. The summed E-state index contributed by atoms with van der Waals surface area (Å²) in [4.78, 5) is 27.2. The Balaban J connectivity index is 2.28. The summed E-state index contributed by atoms with van der Waals surface area (Å²) in [6, 6.07) is 5.29. The van der Waals surface area contributed by atoms with Crippen molar-refractivity contribution in [2.45, 2.75) is 13.3 Å². The highest BCUT2D eigenvalue weighted by atomic mass is 35.5. The summed E-state index contributed by atoms with van der Waals surface area (Å²) in [6.07, 6.45) is 2.94. The Kier molecular flexibility index (Phi) is 7.12. The predicted octanol–water partition coefficient (Wildman–Crippen LogP) is 2.40. The molecule has 2 rings (SSSR count). The highest BCUT2D eigenvalue weighted by Crippen LogP contribution is 2.34. The van der Waals surface area contributed by atoms with E-state index >= 15 is 0 Å². The molecule has 0 aliphatic heterocycles. The number of hydrogen-bond acceptors (Lipinski definition) is 5. The monoisotopic (exact) mass is 375 g/mol. The lowest BCUT2D eigenvalue weighted by molar-refractivity contribution is 0.0958. The first-order valence-electron chi connectivity index (χ1n) is 8.23. The standard InChI is InChI=1S/C19H22ClN3O3/c1-12-14(8-13-4-5-16(23-10-13)19(25)22-3)9-15(11-24)18(17(12)20)26-7-6-21-2/h4-5,9-11,21H,6-8H2,1-3H3,(H,22,25). The molecule has 0 fully saturated rings. The van der Waals surface area contributed by atoms with Crippen LogP contribution in [0, 0.1) is 6.92 Å². The number of benzene rings is 1. The molecule has 0 saturated heterocycles. The fraction of sp³-hybridized carbons (Fsp3) is 0.316. The zero-order valence-electron chi connectivity index (χ0n) is 15.1. The van der Waals surface area contributed by atoms with Gasteiger partial charge in [0.1, 0.15) is 18.1 Å². The number of aldehydes is 1. The van der Waals surface area contributed by atoms with Crippen molar-refractivity contribution in [3.8, 4) is 5.75 Å². The van der Waals surface area contributed by atoms with Crippen LogP contribution < -0.4 is 15.4 Å². The fourth-order valence-corrected chi connectivity index (χ4v) is 2.77. The molecule has 1 aromatic heterocycles. The van der Waals surface area contributed by atoms with Gasteiger partial charge in [0, 0.05) is 19.8 Å². The normalized spacial score (nSPS) is 10.5. The van der Waals surface area contributed by atoms with E-state index in [1.54, 1.807) is 25.4 Å². The molecule has 0 bridgehead atoms. The van der Waals surface area contributed by atoms with E-state index in [1.165, 1.54) is 0 Å². The van der Waals surface area contributed by atoms with E-state index in [9.17, 15) is 9.59 Å². The summed E-state index contributed by atoms with van der Waals surface area (Å²) < 4.78 is 5.66. The molecule has 138 valence electrons. The van der Waals surface area contributed by atoms with Gasteiger partial charge in [-0.1, -0.05) is 17.7 Å². The third-order valence-corrected chi connectivity index (χ3v) is 4.46. The number of hydrogen-bond donors (Lipinski definition) is 2. The Bertz CT molecular complexity index is 792. The minimum absolute atomic E-state index is 0.234. The second-order valence-electron chi connectivity index (χ2n) is 5.77. The third-order valence-electron chi connectivity index (χ3n) is 4.01. The number of rotatable bonds is 8. The van der Waals surface area contributed by atoms with Crippen LogP contribution in [0.15, 0.2) is 24.4 Å². The van der Waals surface area contributed by atoms with Crippen molar-refractivity contribution in [2.24, 2.45) is 0 Å². The number of carbonyl (C=O) groups excluding carboxylic acids is 2. The molecule has 0 atom stereocenters. The van der Waals surface area contributed by atoms with Crippen molar-refractivity contribution < 1.29 is 14.3 Å². The second-order valence-corrected chi connectivity index (χ2v) is 6.15. The summed E-state index contributed by atoms with van der Waals surface area (Å²) in [6.45, 7) is 2.96. The first-order valence-corrected chi connectivity index (χ1v) is 8.61. The minimum Gasteiger partial charge on any atom is -0.490 e. The van der Waals surface area contributed by atoms with Gasteiger partial charge in [0.25, 0.3) is 5.91 Å². The molecule has 0 unspecified atom stereocenters. The molecule has 6 nitrogen and oxygen atoms in total. The quantitative estimate of drug-likeness (QED) is 0.547. The van der Waals surface area contributed by atoms with Crippen LogP contribution in [0.3, 0.4) is 0 Å². The smallest absolute Gasteiger partial charge is 0.269 e. The highest BCUT2D eigenvalue weighted by Gasteiger charge is 2.16. The van der Waals surface area contributed by atoms with Crippen LogP contribution in [-0.4, -0.2) is 44.4 Å². The average Bonchev–Trinajstić information content (AvgIpc) is 2.67. The molecule has 1 aromatic carbocycles. The topological polar surface area (TPSA) is 80.3 Å². The van der Waals surface area contributed by atoms with Crippen molar-refractivity contribution in [2.75, 3.05) is 27.2 Å². The number of pyridine rings is 1. The lowest BCUT2D eigenvalue weighted by Gasteiger charge is -2.16. The SMILES string of the molecule is CNCCOc1c(C=O)cc(Cc2ccc(C(=O)NC)nc2)c(C)c1Cl. The lowest BCUT2D eigenvalue weighted by atomic mass is 9.98. The van der Waals surface area contributed by atoms with E-state index < -0.39 is 0 Å². The molecule has 2 N–H and O–H groups in total.